The summed E-state index contributed by atoms with van der Waals surface area (Å²) in [4.78, 5) is 3.42. The highest BCUT2D eigenvalue weighted by molar-refractivity contribution is 9.09. The lowest BCUT2D eigenvalue weighted by Crippen LogP contribution is -1.87. The number of benzene rings is 1. The number of fused-ring (bicyclic) bond motifs is 1. The van der Waals surface area contributed by atoms with Crippen LogP contribution >= 0.6 is 15.9 Å². The summed E-state index contributed by atoms with van der Waals surface area (Å²) in [5.74, 6) is 0.904. The molecular formula is C13H16BrNO. The molecule has 0 aliphatic rings. The van der Waals surface area contributed by atoms with Gasteiger partial charge in [0.05, 0.1) is 7.11 Å². The average molecular weight is 282 g/mol. The lowest BCUT2D eigenvalue weighted by molar-refractivity contribution is 0.415. The van der Waals surface area contributed by atoms with E-state index in [1.807, 2.05) is 6.07 Å². The number of hydrogen-bond donors (Lipinski definition) is 1. The molecule has 1 heterocycles. The van der Waals surface area contributed by atoms with Gasteiger partial charge in [-0.05, 0) is 37.5 Å². The van der Waals surface area contributed by atoms with Gasteiger partial charge in [-0.2, -0.15) is 0 Å². The predicted molar refractivity (Wildman–Crippen MR) is 71.7 cm³/mol. The van der Waals surface area contributed by atoms with E-state index in [1.54, 1.807) is 7.11 Å². The highest BCUT2D eigenvalue weighted by atomic mass is 79.9. The van der Waals surface area contributed by atoms with E-state index in [2.05, 4.69) is 40.0 Å². The highest BCUT2D eigenvalue weighted by Crippen LogP contribution is 2.26. The van der Waals surface area contributed by atoms with Gasteiger partial charge in [-0.1, -0.05) is 15.9 Å². The fourth-order valence-electron chi connectivity index (χ4n) is 2.06. The Labute approximate surface area is 104 Å². The summed E-state index contributed by atoms with van der Waals surface area (Å²) in [6, 6.07) is 6.22. The molecule has 0 atom stereocenters. The Morgan fingerprint density at radius 1 is 1.38 bits per heavy atom. The van der Waals surface area contributed by atoms with Gasteiger partial charge in [0.25, 0.3) is 0 Å². The summed E-state index contributed by atoms with van der Waals surface area (Å²) in [7, 11) is 1.70. The van der Waals surface area contributed by atoms with E-state index in [9.17, 15) is 0 Å². The van der Waals surface area contributed by atoms with E-state index in [1.165, 1.54) is 28.6 Å². The molecule has 0 saturated heterocycles. The molecule has 0 unspecified atom stereocenters. The number of nitrogens with one attached hydrogen (secondary N) is 1. The molecule has 0 spiro atoms. The monoisotopic (exact) mass is 281 g/mol. The van der Waals surface area contributed by atoms with Crippen LogP contribution in [-0.2, 0) is 6.42 Å². The van der Waals surface area contributed by atoms with Crippen molar-refractivity contribution in [1.82, 2.24) is 4.98 Å². The molecule has 1 aromatic carbocycles. The maximum atomic E-state index is 5.23. The van der Waals surface area contributed by atoms with Gasteiger partial charge in [0, 0.05) is 28.0 Å². The van der Waals surface area contributed by atoms with Crippen molar-refractivity contribution in [3.8, 4) is 5.75 Å². The second-order valence-electron chi connectivity index (χ2n) is 3.93. The molecular weight excluding hydrogens is 266 g/mol. The molecule has 16 heavy (non-hydrogen) atoms. The molecule has 0 saturated carbocycles. The zero-order valence-corrected chi connectivity index (χ0v) is 11.2. The molecule has 2 aromatic rings. The summed E-state index contributed by atoms with van der Waals surface area (Å²) in [6.07, 6.45) is 2.28. The number of H-pyrrole nitrogens is 1. The lowest BCUT2D eigenvalue weighted by Gasteiger charge is -2.01. The number of aromatic amines is 1. The summed E-state index contributed by atoms with van der Waals surface area (Å²) >= 11 is 3.48. The first-order valence-corrected chi connectivity index (χ1v) is 6.59. The van der Waals surface area contributed by atoms with Crippen LogP contribution in [0.5, 0.6) is 5.75 Å². The zero-order chi connectivity index (χ0) is 11.5. The van der Waals surface area contributed by atoms with Crippen LogP contribution in [0.2, 0.25) is 0 Å². The number of hydrogen-bond acceptors (Lipinski definition) is 1. The number of alkyl halides is 1. The number of aryl methyl sites for hydroxylation is 2. The Hall–Kier alpha value is -0.960. The average Bonchev–Trinajstić information content (AvgIpc) is 2.61. The standard InChI is InChI=1S/C13H16BrNO/c1-9-11(4-3-7-14)12-6-5-10(16-2)8-13(12)15-9/h5-6,8,15H,3-4,7H2,1-2H3. The Kier molecular flexibility index (Phi) is 3.54. The first-order valence-electron chi connectivity index (χ1n) is 5.47. The minimum absolute atomic E-state index is 0.904. The van der Waals surface area contributed by atoms with Crippen LogP contribution in [0.15, 0.2) is 18.2 Å². The highest BCUT2D eigenvalue weighted by Gasteiger charge is 2.08. The van der Waals surface area contributed by atoms with Crippen LogP contribution in [0.1, 0.15) is 17.7 Å². The summed E-state index contributed by atoms with van der Waals surface area (Å²) < 4.78 is 5.23. The smallest absolute Gasteiger partial charge is 0.120 e. The van der Waals surface area contributed by atoms with E-state index < -0.39 is 0 Å². The van der Waals surface area contributed by atoms with Crippen molar-refractivity contribution < 1.29 is 4.74 Å². The SMILES string of the molecule is COc1ccc2c(CCCBr)c(C)[nH]c2c1. The topological polar surface area (TPSA) is 25.0 Å². The van der Waals surface area contributed by atoms with Gasteiger partial charge in [0.1, 0.15) is 5.75 Å². The van der Waals surface area contributed by atoms with E-state index >= 15 is 0 Å². The second kappa shape index (κ2) is 4.91. The van der Waals surface area contributed by atoms with Gasteiger partial charge in [0.2, 0.25) is 0 Å². The Balaban J connectivity index is 2.45. The minimum atomic E-state index is 0.904. The largest absolute Gasteiger partial charge is 0.497 e. The number of ether oxygens (including phenoxy) is 1. The van der Waals surface area contributed by atoms with Gasteiger partial charge >= 0.3 is 0 Å². The summed E-state index contributed by atoms with van der Waals surface area (Å²) in [5.41, 5.74) is 3.86. The Morgan fingerprint density at radius 2 is 2.19 bits per heavy atom. The van der Waals surface area contributed by atoms with Crippen molar-refractivity contribution in [3.63, 3.8) is 0 Å². The molecule has 2 nitrogen and oxygen atoms in total. The minimum Gasteiger partial charge on any atom is -0.497 e. The van der Waals surface area contributed by atoms with Crippen molar-refractivity contribution in [2.75, 3.05) is 12.4 Å². The third kappa shape index (κ3) is 2.09. The molecule has 0 aliphatic carbocycles. The first kappa shape index (κ1) is 11.5. The van der Waals surface area contributed by atoms with E-state index in [0.717, 1.165) is 17.5 Å². The number of methoxy groups -OCH3 is 1. The van der Waals surface area contributed by atoms with Gasteiger partial charge in [-0.15, -0.1) is 0 Å². The van der Waals surface area contributed by atoms with Crippen molar-refractivity contribution in [2.45, 2.75) is 19.8 Å². The van der Waals surface area contributed by atoms with Crippen molar-refractivity contribution in [3.05, 3.63) is 29.5 Å². The van der Waals surface area contributed by atoms with Crippen LogP contribution in [0.25, 0.3) is 10.9 Å². The van der Waals surface area contributed by atoms with Crippen molar-refractivity contribution in [1.29, 1.82) is 0 Å². The van der Waals surface area contributed by atoms with Crippen LogP contribution in [0.3, 0.4) is 0 Å². The summed E-state index contributed by atoms with van der Waals surface area (Å²) in [5, 5.41) is 2.37. The molecule has 1 N–H and O–H groups in total. The maximum absolute atomic E-state index is 5.23. The lowest BCUT2D eigenvalue weighted by atomic mass is 10.1. The van der Waals surface area contributed by atoms with Crippen molar-refractivity contribution in [2.24, 2.45) is 0 Å². The van der Waals surface area contributed by atoms with Gasteiger partial charge in [0.15, 0.2) is 0 Å². The van der Waals surface area contributed by atoms with Crippen LogP contribution in [0, 0.1) is 6.92 Å². The summed E-state index contributed by atoms with van der Waals surface area (Å²) in [6.45, 7) is 2.13. The second-order valence-corrected chi connectivity index (χ2v) is 4.73. The molecule has 0 bridgehead atoms. The third-order valence-corrected chi connectivity index (χ3v) is 3.45. The first-order chi connectivity index (χ1) is 7.76. The predicted octanol–water partition coefficient (Wildman–Crippen LogP) is 3.81. The molecule has 1 aromatic heterocycles. The number of halogens is 1. The fraction of sp³-hybridized carbons (Fsp3) is 0.385. The fourth-order valence-corrected chi connectivity index (χ4v) is 2.34. The van der Waals surface area contributed by atoms with Gasteiger partial charge in [-0.25, -0.2) is 0 Å². The molecule has 0 amide bonds. The molecule has 0 fully saturated rings. The normalized spacial score (nSPS) is 10.9. The van der Waals surface area contributed by atoms with Crippen LogP contribution < -0.4 is 4.74 Å². The van der Waals surface area contributed by atoms with E-state index in [4.69, 9.17) is 4.74 Å². The van der Waals surface area contributed by atoms with Gasteiger partial charge < -0.3 is 9.72 Å². The van der Waals surface area contributed by atoms with E-state index in [-0.39, 0.29) is 0 Å². The molecule has 0 aliphatic heterocycles. The Bertz CT molecular complexity index is 490. The molecule has 2 rings (SSSR count). The van der Waals surface area contributed by atoms with Gasteiger partial charge in [-0.3, -0.25) is 0 Å². The third-order valence-electron chi connectivity index (χ3n) is 2.89. The maximum Gasteiger partial charge on any atom is 0.120 e. The number of rotatable bonds is 4. The van der Waals surface area contributed by atoms with Crippen LogP contribution in [-0.4, -0.2) is 17.4 Å². The quantitative estimate of drug-likeness (QED) is 0.847. The molecule has 86 valence electrons. The molecule has 3 heteroatoms. The van der Waals surface area contributed by atoms with E-state index in [0.29, 0.717) is 0 Å². The molecule has 0 radical (unpaired) electrons. The number of aromatic nitrogens is 1. The van der Waals surface area contributed by atoms with Crippen molar-refractivity contribution >= 4 is 26.8 Å². The zero-order valence-electron chi connectivity index (χ0n) is 9.64. The Morgan fingerprint density at radius 3 is 2.88 bits per heavy atom. The van der Waals surface area contributed by atoms with Crippen LogP contribution in [0.4, 0.5) is 0 Å².